The first-order chi connectivity index (χ1) is 9.58. The number of thiophene rings is 1. The molecule has 0 saturated heterocycles. The molecule has 0 aliphatic carbocycles. The molecule has 0 radical (unpaired) electrons. The zero-order valence-electron chi connectivity index (χ0n) is 10.1. The lowest BCUT2D eigenvalue weighted by Gasteiger charge is -2.07. The maximum Gasteiger partial charge on any atom is 0.267 e. The fourth-order valence-electron chi connectivity index (χ4n) is 1.97. The maximum absolute atomic E-state index is 12.5. The van der Waals surface area contributed by atoms with E-state index in [2.05, 4.69) is 4.98 Å². The van der Waals surface area contributed by atoms with E-state index in [1.54, 1.807) is 30.3 Å². The number of nitrogens with zero attached hydrogens (tertiary/aromatic N) is 1. The van der Waals surface area contributed by atoms with Crippen LogP contribution in [0.3, 0.4) is 0 Å². The normalized spacial score (nSPS) is 10.8. The van der Waals surface area contributed by atoms with Gasteiger partial charge >= 0.3 is 0 Å². The van der Waals surface area contributed by atoms with E-state index >= 15 is 0 Å². The molecule has 2 heterocycles. The van der Waals surface area contributed by atoms with Crippen molar-refractivity contribution < 1.29 is 4.79 Å². The second-order valence-electron chi connectivity index (χ2n) is 4.15. The number of nitrogens with two attached hydrogens (primary N) is 1. The molecular weight excluding hydrogens is 294 g/mol. The SMILES string of the molecule is NC(=O)c1cccc(-n2c(=S)[nH]c3sccc3c2=O)c1. The summed E-state index contributed by atoms with van der Waals surface area (Å²) in [4.78, 5) is 27.4. The minimum absolute atomic E-state index is 0.216. The van der Waals surface area contributed by atoms with Crippen molar-refractivity contribution >= 4 is 39.7 Å². The Labute approximate surface area is 122 Å². The number of primary amides is 1. The maximum atomic E-state index is 12.5. The molecule has 0 saturated carbocycles. The van der Waals surface area contributed by atoms with Gasteiger partial charge in [0.1, 0.15) is 4.83 Å². The molecule has 1 amide bonds. The molecule has 3 aromatic rings. The van der Waals surface area contributed by atoms with Gasteiger partial charge in [-0.3, -0.25) is 14.2 Å². The van der Waals surface area contributed by atoms with Gasteiger partial charge < -0.3 is 10.7 Å². The Morgan fingerprint density at radius 1 is 1.35 bits per heavy atom. The number of hydrogen-bond donors (Lipinski definition) is 2. The molecule has 0 spiro atoms. The average Bonchev–Trinajstić information content (AvgIpc) is 2.87. The molecule has 1 aromatic carbocycles. The summed E-state index contributed by atoms with van der Waals surface area (Å²) < 4.78 is 1.64. The summed E-state index contributed by atoms with van der Waals surface area (Å²) in [6.07, 6.45) is 0. The molecule has 20 heavy (non-hydrogen) atoms. The zero-order valence-corrected chi connectivity index (χ0v) is 11.8. The number of benzene rings is 1. The third-order valence-electron chi connectivity index (χ3n) is 2.91. The lowest BCUT2D eigenvalue weighted by molar-refractivity contribution is 0.100. The van der Waals surface area contributed by atoms with E-state index in [4.69, 9.17) is 18.0 Å². The second-order valence-corrected chi connectivity index (χ2v) is 5.45. The smallest absolute Gasteiger partial charge is 0.267 e. The first-order valence-electron chi connectivity index (χ1n) is 5.71. The van der Waals surface area contributed by atoms with Crippen molar-refractivity contribution in [1.29, 1.82) is 0 Å². The number of carbonyl (C=O) groups is 1. The monoisotopic (exact) mass is 303 g/mol. The van der Waals surface area contributed by atoms with E-state index in [1.165, 1.54) is 15.9 Å². The number of hydrogen-bond acceptors (Lipinski definition) is 4. The lowest BCUT2D eigenvalue weighted by Crippen LogP contribution is -2.20. The second kappa shape index (κ2) is 4.69. The van der Waals surface area contributed by atoms with Crippen molar-refractivity contribution in [2.75, 3.05) is 0 Å². The van der Waals surface area contributed by atoms with Crippen LogP contribution in [-0.2, 0) is 0 Å². The Morgan fingerprint density at radius 2 is 2.15 bits per heavy atom. The molecule has 0 unspecified atom stereocenters. The molecule has 5 nitrogen and oxygen atoms in total. The molecule has 0 aliphatic rings. The summed E-state index contributed by atoms with van der Waals surface area (Å²) in [6, 6.07) is 8.24. The van der Waals surface area contributed by atoms with Crippen molar-refractivity contribution in [2.24, 2.45) is 5.73 Å². The molecule has 0 aliphatic heterocycles. The third kappa shape index (κ3) is 1.97. The highest BCUT2D eigenvalue weighted by Gasteiger charge is 2.09. The number of nitrogens with one attached hydrogen (secondary N) is 1. The van der Waals surface area contributed by atoms with Crippen LogP contribution < -0.4 is 11.3 Å². The third-order valence-corrected chi connectivity index (χ3v) is 4.03. The summed E-state index contributed by atoms with van der Waals surface area (Å²) in [5, 5.41) is 2.38. The van der Waals surface area contributed by atoms with Crippen molar-refractivity contribution in [3.63, 3.8) is 0 Å². The van der Waals surface area contributed by atoms with Crippen LogP contribution in [0.2, 0.25) is 0 Å². The van der Waals surface area contributed by atoms with Crippen molar-refractivity contribution in [3.8, 4) is 5.69 Å². The molecule has 3 rings (SSSR count). The van der Waals surface area contributed by atoms with E-state index in [9.17, 15) is 9.59 Å². The number of carbonyl (C=O) groups excluding carboxylic acids is 1. The van der Waals surface area contributed by atoms with Crippen LogP contribution in [0.4, 0.5) is 0 Å². The minimum Gasteiger partial charge on any atom is -0.366 e. The minimum atomic E-state index is -0.550. The van der Waals surface area contributed by atoms with Gasteiger partial charge in [-0.05, 0) is 41.9 Å². The van der Waals surface area contributed by atoms with Crippen LogP contribution in [0.15, 0.2) is 40.5 Å². The highest BCUT2D eigenvalue weighted by atomic mass is 32.1. The highest BCUT2D eigenvalue weighted by molar-refractivity contribution is 7.71. The fourth-order valence-corrected chi connectivity index (χ4v) is 3.11. The van der Waals surface area contributed by atoms with E-state index < -0.39 is 5.91 Å². The van der Waals surface area contributed by atoms with Gasteiger partial charge in [0.2, 0.25) is 5.91 Å². The molecule has 0 fully saturated rings. The number of H-pyrrole nitrogens is 1. The van der Waals surface area contributed by atoms with Crippen molar-refractivity contribution in [2.45, 2.75) is 0 Å². The molecule has 0 atom stereocenters. The Hall–Kier alpha value is -2.25. The molecule has 100 valence electrons. The van der Waals surface area contributed by atoms with E-state index in [-0.39, 0.29) is 10.3 Å². The van der Waals surface area contributed by atoms with Crippen LogP contribution in [0, 0.1) is 4.77 Å². The van der Waals surface area contributed by atoms with Gasteiger partial charge in [-0.15, -0.1) is 11.3 Å². The number of fused-ring (bicyclic) bond motifs is 1. The predicted molar refractivity (Wildman–Crippen MR) is 81.1 cm³/mol. The number of aromatic nitrogens is 2. The van der Waals surface area contributed by atoms with Crippen LogP contribution in [0.25, 0.3) is 15.9 Å². The highest BCUT2D eigenvalue weighted by Crippen LogP contribution is 2.16. The van der Waals surface area contributed by atoms with E-state index in [0.29, 0.717) is 16.6 Å². The van der Waals surface area contributed by atoms with Gasteiger partial charge in [-0.25, -0.2) is 0 Å². The van der Waals surface area contributed by atoms with E-state index in [0.717, 1.165) is 4.83 Å². The number of amides is 1. The summed E-state index contributed by atoms with van der Waals surface area (Å²) in [7, 11) is 0. The van der Waals surface area contributed by atoms with Gasteiger partial charge in [0.15, 0.2) is 4.77 Å². The first-order valence-corrected chi connectivity index (χ1v) is 6.99. The predicted octanol–water partition coefficient (Wildman–Crippen LogP) is 2.21. The fraction of sp³-hybridized carbons (Fsp3) is 0. The zero-order chi connectivity index (χ0) is 14.3. The molecule has 2 aromatic heterocycles. The molecule has 7 heteroatoms. The van der Waals surface area contributed by atoms with Crippen LogP contribution >= 0.6 is 23.6 Å². The Morgan fingerprint density at radius 3 is 2.90 bits per heavy atom. The molecular formula is C13H9N3O2S2. The Kier molecular flexibility index (Phi) is 3.00. The largest absolute Gasteiger partial charge is 0.366 e. The Bertz CT molecular complexity index is 936. The van der Waals surface area contributed by atoms with Crippen molar-refractivity contribution in [1.82, 2.24) is 9.55 Å². The topological polar surface area (TPSA) is 80.9 Å². The van der Waals surface area contributed by atoms with Gasteiger partial charge in [-0.1, -0.05) is 6.07 Å². The summed E-state index contributed by atoms with van der Waals surface area (Å²) in [6.45, 7) is 0. The van der Waals surface area contributed by atoms with Gasteiger partial charge in [0, 0.05) is 5.56 Å². The van der Waals surface area contributed by atoms with Gasteiger partial charge in [0.25, 0.3) is 5.56 Å². The van der Waals surface area contributed by atoms with Crippen molar-refractivity contribution in [3.05, 3.63) is 56.4 Å². The quantitative estimate of drug-likeness (QED) is 0.712. The summed E-state index contributed by atoms with van der Waals surface area (Å²) in [5.41, 5.74) is 5.88. The summed E-state index contributed by atoms with van der Waals surface area (Å²) in [5.74, 6) is -0.550. The molecule has 0 bridgehead atoms. The average molecular weight is 303 g/mol. The standard InChI is InChI=1S/C13H9N3O2S2/c14-10(17)7-2-1-3-8(6-7)16-12(18)9-4-5-20-11(9)15-13(16)19/h1-6H,(H2,14,17)(H,15,19). The van der Waals surface area contributed by atoms with E-state index in [1.807, 2.05) is 5.38 Å². The van der Waals surface area contributed by atoms with Gasteiger partial charge in [0.05, 0.1) is 11.1 Å². The molecule has 3 N–H and O–H groups in total. The van der Waals surface area contributed by atoms with Crippen LogP contribution in [0.5, 0.6) is 0 Å². The Balaban J connectivity index is 2.34. The first kappa shape index (κ1) is 12.8. The van der Waals surface area contributed by atoms with Crippen LogP contribution in [-0.4, -0.2) is 15.5 Å². The van der Waals surface area contributed by atoms with Gasteiger partial charge in [-0.2, -0.15) is 0 Å². The summed E-state index contributed by atoms with van der Waals surface area (Å²) >= 11 is 6.64. The number of rotatable bonds is 2. The number of aromatic amines is 1. The lowest BCUT2D eigenvalue weighted by atomic mass is 10.2. The van der Waals surface area contributed by atoms with Crippen LogP contribution in [0.1, 0.15) is 10.4 Å².